The van der Waals surface area contributed by atoms with Gasteiger partial charge in [0, 0.05) is 17.3 Å². The van der Waals surface area contributed by atoms with E-state index in [0.717, 1.165) is 16.7 Å². The van der Waals surface area contributed by atoms with Crippen molar-refractivity contribution in [2.24, 2.45) is 0 Å². The van der Waals surface area contributed by atoms with E-state index >= 15 is 0 Å². The number of nitrogen functional groups attached to an aromatic ring is 1. The van der Waals surface area contributed by atoms with Gasteiger partial charge in [0.2, 0.25) is 0 Å². The normalized spacial score (nSPS) is 16.0. The second kappa shape index (κ2) is 4.76. The summed E-state index contributed by atoms with van der Waals surface area (Å²) in [7, 11) is 0. The summed E-state index contributed by atoms with van der Waals surface area (Å²) in [6.07, 6.45) is 1.55. The molecular formula is C14H14N2O2. The molecule has 1 aromatic heterocycles. The van der Waals surface area contributed by atoms with Gasteiger partial charge in [0.15, 0.2) is 6.29 Å². The van der Waals surface area contributed by atoms with E-state index in [1.54, 1.807) is 12.3 Å². The van der Waals surface area contributed by atoms with Gasteiger partial charge in [-0.3, -0.25) is 0 Å². The minimum absolute atomic E-state index is 0.219. The molecule has 0 bridgehead atoms. The van der Waals surface area contributed by atoms with Crippen LogP contribution in [0.5, 0.6) is 0 Å². The Hall–Kier alpha value is -1.91. The van der Waals surface area contributed by atoms with Gasteiger partial charge in [0.1, 0.15) is 5.82 Å². The molecule has 0 unspecified atom stereocenters. The maximum absolute atomic E-state index is 5.57. The highest BCUT2D eigenvalue weighted by Gasteiger charge is 2.17. The van der Waals surface area contributed by atoms with Crippen molar-refractivity contribution in [2.45, 2.75) is 6.29 Å². The molecule has 2 heterocycles. The molecule has 0 atom stereocenters. The second-order valence-electron chi connectivity index (χ2n) is 4.17. The lowest BCUT2D eigenvalue weighted by Gasteiger charge is -2.10. The molecule has 0 radical (unpaired) electrons. The lowest BCUT2D eigenvalue weighted by Crippen LogP contribution is -1.97. The number of hydrogen-bond donors (Lipinski definition) is 1. The van der Waals surface area contributed by atoms with Gasteiger partial charge in [-0.2, -0.15) is 0 Å². The molecule has 92 valence electrons. The fourth-order valence-electron chi connectivity index (χ4n) is 1.96. The lowest BCUT2D eigenvalue weighted by atomic mass is 10.1. The summed E-state index contributed by atoms with van der Waals surface area (Å²) in [4.78, 5) is 4.08. The molecule has 2 N–H and O–H groups in total. The van der Waals surface area contributed by atoms with Crippen molar-refractivity contribution >= 4 is 5.82 Å². The molecule has 1 saturated heterocycles. The Kier molecular flexibility index (Phi) is 2.96. The van der Waals surface area contributed by atoms with Crippen molar-refractivity contribution in [3.8, 4) is 11.1 Å². The number of aromatic nitrogens is 1. The SMILES string of the molecule is Nc1ccc(-c2ccc(C3OCCO3)cc2)cn1. The lowest BCUT2D eigenvalue weighted by molar-refractivity contribution is -0.0441. The fourth-order valence-corrected chi connectivity index (χ4v) is 1.96. The fraction of sp³-hybridized carbons (Fsp3) is 0.214. The maximum Gasteiger partial charge on any atom is 0.184 e. The quantitative estimate of drug-likeness (QED) is 0.878. The molecule has 0 spiro atoms. The Morgan fingerprint density at radius 1 is 0.944 bits per heavy atom. The van der Waals surface area contributed by atoms with Crippen LogP contribution in [0.2, 0.25) is 0 Å². The van der Waals surface area contributed by atoms with E-state index in [1.165, 1.54) is 0 Å². The smallest absolute Gasteiger partial charge is 0.184 e. The Morgan fingerprint density at radius 3 is 2.22 bits per heavy atom. The van der Waals surface area contributed by atoms with Crippen LogP contribution in [0, 0.1) is 0 Å². The molecule has 4 heteroatoms. The molecule has 0 aliphatic carbocycles. The van der Waals surface area contributed by atoms with Gasteiger partial charge in [0.05, 0.1) is 13.2 Å². The van der Waals surface area contributed by atoms with E-state index in [4.69, 9.17) is 15.2 Å². The van der Waals surface area contributed by atoms with E-state index in [-0.39, 0.29) is 6.29 Å². The van der Waals surface area contributed by atoms with Crippen molar-refractivity contribution < 1.29 is 9.47 Å². The molecule has 1 aromatic carbocycles. The van der Waals surface area contributed by atoms with Crippen molar-refractivity contribution in [3.63, 3.8) is 0 Å². The predicted octanol–water partition coefficient (Wildman–Crippen LogP) is 2.38. The number of anilines is 1. The first-order valence-corrected chi connectivity index (χ1v) is 5.88. The molecule has 3 rings (SSSR count). The number of pyridine rings is 1. The Balaban J connectivity index is 1.84. The molecule has 18 heavy (non-hydrogen) atoms. The first-order valence-electron chi connectivity index (χ1n) is 5.88. The monoisotopic (exact) mass is 242 g/mol. The van der Waals surface area contributed by atoms with Crippen LogP contribution in [0.25, 0.3) is 11.1 Å². The topological polar surface area (TPSA) is 57.4 Å². The average Bonchev–Trinajstić information content (AvgIpc) is 2.94. The average molecular weight is 242 g/mol. The van der Waals surface area contributed by atoms with Crippen LogP contribution in [0.1, 0.15) is 11.9 Å². The van der Waals surface area contributed by atoms with Gasteiger partial charge in [-0.25, -0.2) is 4.98 Å². The summed E-state index contributed by atoms with van der Waals surface area (Å²) >= 11 is 0. The number of benzene rings is 1. The molecule has 4 nitrogen and oxygen atoms in total. The Labute approximate surface area is 105 Å². The van der Waals surface area contributed by atoms with Crippen LogP contribution in [0.4, 0.5) is 5.82 Å². The molecule has 1 aliphatic rings. The van der Waals surface area contributed by atoms with E-state index < -0.39 is 0 Å². The van der Waals surface area contributed by atoms with Crippen molar-refractivity contribution in [1.82, 2.24) is 4.98 Å². The molecule has 1 fully saturated rings. The van der Waals surface area contributed by atoms with Gasteiger partial charge < -0.3 is 15.2 Å². The molecular weight excluding hydrogens is 228 g/mol. The van der Waals surface area contributed by atoms with E-state index in [0.29, 0.717) is 19.0 Å². The van der Waals surface area contributed by atoms with Gasteiger partial charge in [0.25, 0.3) is 0 Å². The third kappa shape index (κ3) is 2.20. The molecule has 0 amide bonds. The number of nitrogens with zero attached hydrogens (tertiary/aromatic N) is 1. The van der Waals surface area contributed by atoms with Crippen LogP contribution in [-0.2, 0) is 9.47 Å². The van der Waals surface area contributed by atoms with E-state index in [1.807, 2.05) is 30.3 Å². The minimum Gasteiger partial charge on any atom is -0.384 e. The highest BCUT2D eigenvalue weighted by molar-refractivity contribution is 5.63. The summed E-state index contributed by atoms with van der Waals surface area (Å²) in [6.45, 7) is 1.32. The number of nitrogens with two attached hydrogens (primary N) is 1. The zero-order valence-electron chi connectivity index (χ0n) is 9.87. The summed E-state index contributed by atoms with van der Waals surface area (Å²) < 4.78 is 10.9. The highest BCUT2D eigenvalue weighted by Crippen LogP contribution is 2.26. The van der Waals surface area contributed by atoms with Crippen LogP contribution < -0.4 is 5.73 Å². The number of hydrogen-bond acceptors (Lipinski definition) is 4. The minimum atomic E-state index is -0.219. The number of ether oxygens (including phenoxy) is 2. The predicted molar refractivity (Wildman–Crippen MR) is 68.7 cm³/mol. The van der Waals surface area contributed by atoms with Crippen molar-refractivity contribution in [2.75, 3.05) is 18.9 Å². The maximum atomic E-state index is 5.57. The Morgan fingerprint density at radius 2 is 1.61 bits per heavy atom. The summed E-state index contributed by atoms with van der Waals surface area (Å²) in [5.41, 5.74) is 8.76. The third-order valence-corrected chi connectivity index (χ3v) is 2.92. The summed E-state index contributed by atoms with van der Waals surface area (Å²) in [5, 5.41) is 0. The number of rotatable bonds is 2. The van der Waals surface area contributed by atoms with Crippen LogP contribution in [-0.4, -0.2) is 18.2 Å². The van der Waals surface area contributed by atoms with E-state index in [2.05, 4.69) is 4.98 Å². The van der Waals surface area contributed by atoms with Crippen LogP contribution in [0.3, 0.4) is 0 Å². The van der Waals surface area contributed by atoms with Crippen LogP contribution >= 0.6 is 0 Å². The second-order valence-corrected chi connectivity index (χ2v) is 4.17. The Bertz CT molecular complexity index is 516. The van der Waals surface area contributed by atoms with Crippen LogP contribution in [0.15, 0.2) is 42.6 Å². The zero-order chi connectivity index (χ0) is 12.4. The van der Waals surface area contributed by atoms with Gasteiger partial charge in [-0.15, -0.1) is 0 Å². The van der Waals surface area contributed by atoms with Crippen molar-refractivity contribution in [1.29, 1.82) is 0 Å². The van der Waals surface area contributed by atoms with Gasteiger partial charge in [-0.05, 0) is 17.7 Å². The molecule has 1 aliphatic heterocycles. The highest BCUT2D eigenvalue weighted by atomic mass is 16.7. The summed E-state index contributed by atoms with van der Waals surface area (Å²) in [5.74, 6) is 0.531. The largest absolute Gasteiger partial charge is 0.384 e. The zero-order valence-corrected chi connectivity index (χ0v) is 9.87. The first kappa shape index (κ1) is 11.2. The standard InChI is InChI=1S/C14H14N2O2/c15-13-6-5-12(9-16-13)10-1-3-11(4-2-10)14-17-7-8-18-14/h1-6,9,14H,7-8H2,(H2,15,16). The van der Waals surface area contributed by atoms with Gasteiger partial charge in [-0.1, -0.05) is 24.3 Å². The molecule has 0 saturated carbocycles. The third-order valence-electron chi connectivity index (χ3n) is 2.92. The van der Waals surface area contributed by atoms with Gasteiger partial charge >= 0.3 is 0 Å². The molecule has 2 aromatic rings. The van der Waals surface area contributed by atoms with Crippen molar-refractivity contribution in [3.05, 3.63) is 48.2 Å². The summed E-state index contributed by atoms with van der Waals surface area (Å²) in [6, 6.07) is 11.9. The first-order chi connectivity index (χ1) is 8.83. The van der Waals surface area contributed by atoms with E-state index in [9.17, 15) is 0 Å².